The number of rotatable bonds is 6. The second-order valence-corrected chi connectivity index (χ2v) is 7.10. The van der Waals surface area contributed by atoms with Crippen LogP contribution in [0.25, 0.3) is 0 Å². The Bertz CT molecular complexity index is 800. The van der Waals surface area contributed by atoms with Crippen LogP contribution >= 0.6 is 0 Å². The highest BCUT2D eigenvalue weighted by Gasteiger charge is 2.15. The highest BCUT2D eigenvalue weighted by Crippen LogP contribution is 2.13. The number of aryl methyl sites for hydroxylation is 2. The molecule has 0 aromatic heterocycles. The first-order valence-electron chi connectivity index (χ1n) is 7.15. The van der Waals surface area contributed by atoms with Gasteiger partial charge in [0, 0.05) is 0 Å². The van der Waals surface area contributed by atoms with Crippen molar-refractivity contribution in [2.24, 2.45) is 0 Å². The van der Waals surface area contributed by atoms with Crippen molar-refractivity contribution in [3.05, 3.63) is 65.2 Å². The van der Waals surface area contributed by atoms with Crippen LogP contribution in [0.1, 0.15) is 16.7 Å². The van der Waals surface area contributed by atoms with Gasteiger partial charge in [-0.15, -0.1) is 0 Å². The summed E-state index contributed by atoms with van der Waals surface area (Å²) in [5.41, 5.74) is 2.54. The Morgan fingerprint density at radius 3 is 2.52 bits per heavy atom. The molecule has 0 saturated carbocycles. The van der Waals surface area contributed by atoms with Crippen LogP contribution in [0.5, 0.6) is 5.75 Å². The number of nitrogens with one attached hydrogen (secondary N) is 1. The average molecular weight is 333 g/mol. The minimum absolute atomic E-state index is 0.169. The third kappa shape index (κ3) is 5.50. The summed E-state index contributed by atoms with van der Waals surface area (Å²) >= 11 is 0. The van der Waals surface area contributed by atoms with E-state index in [4.69, 9.17) is 4.74 Å². The lowest BCUT2D eigenvalue weighted by Crippen LogP contribution is -2.32. The quantitative estimate of drug-likeness (QED) is 0.650. The van der Waals surface area contributed by atoms with Crippen molar-refractivity contribution < 1.29 is 17.9 Å². The Morgan fingerprint density at radius 2 is 1.83 bits per heavy atom. The van der Waals surface area contributed by atoms with E-state index in [0.29, 0.717) is 11.3 Å². The van der Waals surface area contributed by atoms with E-state index >= 15 is 0 Å². The fourth-order valence-electron chi connectivity index (χ4n) is 2.04. The zero-order valence-electron chi connectivity index (χ0n) is 13.1. The molecule has 6 heteroatoms. The second-order valence-electron chi connectivity index (χ2n) is 5.30. The van der Waals surface area contributed by atoms with Crippen molar-refractivity contribution in [2.45, 2.75) is 19.6 Å². The standard InChI is InChI=1S/C17H19NO4S/c1-13-6-5-9-16(10-13)22-17(19)11-18-23(20,21)12-15-8-4-3-7-14(15)2/h3-10,18H,11-12H2,1-2H3. The molecule has 0 saturated heterocycles. The number of carbonyl (C=O) groups excluding carboxylic acids is 1. The Hall–Kier alpha value is -2.18. The van der Waals surface area contributed by atoms with Gasteiger partial charge >= 0.3 is 5.97 Å². The molecule has 5 nitrogen and oxygen atoms in total. The van der Waals surface area contributed by atoms with Crippen LogP contribution in [0, 0.1) is 13.8 Å². The van der Waals surface area contributed by atoms with E-state index in [1.54, 1.807) is 30.3 Å². The number of hydrogen-bond acceptors (Lipinski definition) is 4. The molecule has 1 N–H and O–H groups in total. The predicted molar refractivity (Wildman–Crippen MR) is 88.6 cm³/mol. The van der Waals surface area contributed by atoms with Gasteiger partial charge in [-0.1, -0.05) is 36.4 Å². The number of sulfonamides is 1. The van der Waals surface area contributed by atoms with Gasteiger partial charge in [-0.25, -0.2) is 13.1 Å². The fourth-order valence-corrected chi connectivity index (χ4v) is 3.22. The Kier molecular flexibility index (Phi) is 5.52. The SMILES string of the molecule is Cc1cccc(OC(=O)CNS(=O)(=O)Cc2ccccc2C)c1. The highest BCUT2D eigenvalue weighted by atomic mass is 32.2. The number of hydrogen-bond donors (Lipinski definition) is 1. The van der Waals surface area contributed by atoms with E-state index in [-0.39, 0.29) is 5.75 Å². The van der Waals surface area contributed by atoms with Gasteiger partial charge in [-0.05, 0) is 42.7 Å². The first-order chi connectivity index (χ1) is 10.9. The van der Waals surface area contributed by atoms with E-state index < -0.39 is 22.5 Å². The molecule has 0 aliphatic rings. The van der Waals surface area contributed by atoms with Crippen molar-refractivity contribution in [1.82, 2.24) is 4.72 Å². The second kappa shape index (κ2) is 7.39. The normalized spacial score (nSPS) is 11.2. The van der Waals surface area contributed by atoms with Crippen molar-refractivity contribution >= 4 is 16.0 Å². The molecule has 0 bridgehead atoms. The summed E-state index contributed by atoms with van der Waals surface area (Å²) in [5, 5.41) is 0. The maximum atomic E-state index is 12.0. The molecule has 0 aliphatic heterocycles. The summed E-state index contributed by atoms with van der Waals surface area (Å²) in [6.07, 6.45) is 0. The first-order valence-corrected chi connectivity index (χ1v) is 8.80. The van der Waals surface area contributed by atoms with Crippen molar-refractivity contribution in [1.29, 1.82) is 0 Å². The minimum Gasteiger partial charge on any atom is -0.426 e. The predicted octanol–water partition coefficient (Wildman–Crippen LogP) is 2.33. The lowest BCUT2D eigenvalue weighted by molar-refractivity contribution is -0.133. The van der Waals surface area contributed by atoms with Crippen LogP contribution in [0.2, 0.25) is 0 Å². The molecule has 23 heavy (non-hydrogen) atoms. The summed E-state index contributed by atoms with van der Waals surface area (Å²) in [6.45, 7) is 3.32. The largest absolute Gasteiger partial charge is 0.426 e. The monoisotopic (exact) mass is 333 g/mol. The molecule has 0 fully saturated rings. The molecule has 0 heterocycles. The third-order valence-corrected chi connectivity index (χ3v) is 4.54. The first kappa shape index (κ1) is 17.2. The zero-order chi connectivity index (χ0) is 16.9. The van der Waals surface area contributed by atoms with E-state index in [1.165, 1.54) is 0 Å². The number of ether oxygens (including phenoxy) is 1. The highest BCUT2D eigenvalue weighted by molar-refractivity contribution is 7.88. The van der Waals surface area contributed by atoms with Gasteiger partial charge < -0.3 is 4.74 Å². The van der Waals surface area contributed by atoms with Crippen LogP contribution in [0.4, 0.5) is 0 Å². The van der Waals surface area contributed by atoms with Gasteiger partial charge in [-0.2, -0.15) is 0 Å². The maximum Gasteiger partial charge on any atom is 0.326 e. The Morgan fingerprint density at radius 1 is 1.09 bits per heavy atom. The van der Waals surface area contributed by atoms with Gasteiger partial charge in [0.25, 0.3) is 0 Å². The summed E-state index contributed by atoms with van der Waals surface area (Å²) in [4.78, 5) is 11.7. The lowest BCUT2D eigenvalue weighted by Gasteiger charge is -2.09. The van der Waals surface area contributed by atoms with Gasteiger partial charge in [0.05, 0.1) is 5.75 Å². The molecule has 0 spiro atoms. The molecular formula is C17H19NO4S. The van der Waals surface area contributed by atoms with Crippen LogP contribution < -0.4 is 9.46 Å². The molecule has 0 atom stereocenters. The Labute approximate surface area is 136 Å². The molecular weight excluding hydrogens is 314 g/mol. The van der Waals surface area contributed by atoms with Gasteiger partial charge in [0.1, 0.15) is 12.3 Å². The number of esters is 1. The average Bonchev–Trinajstić information content (AvgIpc) is 2.48. The molecule has 2 rings (SSSR count). The summed E-state index contributed by atoms with van der Waals surface area (Å²) < 4.78 is 31.5. The molecule has 0 unspecified atom stereocenters. The van der Waals surface area contributed by atoms with E-state index in [2.05, 4.69) is 4.72 Å². The zero-order valence-corrected chi connectivity index (χ0v) is 13.9. The van der Waals surface area contributed by atoms with Crippen molar-refractivity contribution in [3.63, 3.8) is 0 Å². The molecule has 0 amide bonds. The van der Waals surface area contributed by atoms with Crippen LogP contribution in [-0.2, 0) is 20.6 Å². The summed E-state index contributed by atoms with van der Waals surface area (Å²) in [5.74, 6) is -0.422. The molecule has 0 aliphatic carbocycles. The maximum absolute atomic E-state index is 12.0. The van der Waals surface area contributed by atoms with Gasteiger partial charge in [-0.3, -0.25) is 4.79 Å². The van der Waals surface area contributed by atoms with Gasteiger partial charge in [0.2, 0.25) is 10.0 Å². The fraction of sp³-hybridized carbons (Fsp3) is 0.235. The number of carbonyl (C=O) groups is 1. The van der Waals surface area contributed by atoms with Crippen molar-refractivity contribution in [2.75, 3.05) is 6.54 Å². The molecule has 0 radical (unpaired) electrons. The van der Waals surface area contributed by atoms with E-state index in [9.17, 15) is 13.2 Å². The van der Waals surface area contributed by atoms with Crippen molar-refractivity contribution in [3.8, 4) is 5.75 Å². The van der Waals surface area contributed by atoms with Crippen LogP contribution in [-0.4, -0.2) is 20.9 Å². The molecule has 2 aromatic rings. The summed E-state index contributed by atoms with van der Waals surface area (Å²) in [7, 11) is -3.60. The lowest BCUT2D eigenvalue weighted by atomic mass is 10.1. The molecule has 122 valence electrons. The topological polar surface area (TPSA) is 72.5 Å². The Balaban J connectivity index is 1.91. The third-order valence-electron chi connectivity index (χ3n) is 3.26. The van der Waals surface area contributed by atoms with Gasteiger partial charge in [0.15, 0.2) is 0 Å². The summed E-state index contributed by atoms with van der Waals surface area (Å²) in [6, 6.07) is 14.2. The minimum atomic E-state index is -3.60. The number of benzene rings is 2. The van der Waals surface area contributed by atoms with E-state index in [0.717, 1.165) is 11.1 Å². The molecule has 2 aromatic carbocycles. The smallest absolute Gasteiger partial charge is 0.326 e. The van der Waals surface area contributed by atoms with E-state index in [1.807, 2.05) is 32.0 Å². The van der Waals surface area contributed by atoms with Crippen LogP contribution in [0.3, 0.4) is 0 Å². The van der Waals surface area contributed by atoms with Crippen LogP contribution in [0.15, 0.2) is 48.5 Å².